The number of ketones is 1. The molecule has 0 saturated heterocycles. The van der Waals surface area contributed by atoms with Gasteiger partial charge in [0.15, 0.2) is 17.3 Å². The Labute approximate surface area is 159 Å². The molecule has 1 saturated carbocycles. The van der Waals surface area contributed by atoms with Gasteiger partial charge in [0.25, 0.3) is 0 Å². The highest BCUT2D eigenvalue weighted by molar-refractivity contribution is 5.92. The maximum absolute atomic E-state index is 13.4. The van der Waals surface area contributed by atoms with Crippen molar-refractivity contribution in [3.05, 3.63) is 36.4 Å². The van der Waals surface area contributed by atoms with E-state index in [1.807, 2.05) is 13.8 Å². The van der Waals surface area contributed by atoms with E-state index in [1.165, 1.54) is 18.5 Å². The van der Waals surface area contributed by atoms with E-state index in [-0.39, 0.29) is 17.3 Å². The number of fused-ring (bicyclic) bond motifs is 1. The highest BCUT2D eigenvalue weighted by Crippen LogP contribution is 2.46. The van der Waals surface area contributed by atoms with Crippen molar-refractivity contribution < 1.29 is 27.4 Å². The molecule has 1 aromatic heterocycles. The second-order valence-corrected chi connectivity index (χ2v) is 7.99. The molecule has 0 spiro atoms. The van der Waals surface area contributed by atoms with Crippen LogP contribution in [0.1, 0.15) is 38.7 Å². The van der Waals surface area contributed by atoms with Crippen LogP contribution in [-0.4, -0.2) is 33.0 Å². The lowest BCUT2D eigenvalue weighted by atomic mass is 9.64. The fourth-order valence-corrected chi connectivity index (χ4v) is 3.93. The molecule has 1 unspecified atom stereocenters. The van der Waals surface area contributed by atoms with Gasteiger partial charge in [-0.1, -0.05) is 19.9 Å². The third-order valence-corrected chi connectivity index (χ3v) is 5.47. The van der Waals surface area contributed by atoms with E-state index in [2.05, 4.69) is 19.6 Å². The molecule has 1 atom stereocenters. The summed E-state index contributed by atoms with van der Waals surface area (Å²) in [6.45, 7) is 3.66. The molecule has 1 fully saturated rings. The Balaban J connectivity index is 1.57. The number of aromatic nitrogens is 3. The standard InChI is InChI=1S/C19H20F3N3O3/c1-17(2,15(26)18(6-3-7-18)25-11-23-10-24-25)9-12-4-5-13-14(8-12)27-16(20)19(21,22)28-13/h4-5,8,10-11,16H,3,6-7,9H2,1-2H3. The Hall–Kier alpha value is -2.58. The zero-order valence-corrected chi connectivity index (χ0v) is 15.5. The van der Waals surface area contributed by atoms with Gasteiger partial charge < -0.3 is 9.47 Å². The Morgan fingerprint density at radius 2 is 2.07 bits per heavy atom. The quantitative estimate of drug-likeness (QED) is 0.773. The molecule has 28 heavy (non-hydrogen) atoms. The first kappa shape index (κ1) is 18.8. The average molecular weight is 395 g/mol. The normalized spacial score (nSPS) is 22.4. The van der Waals surface area contributed by atoms with E-state index in [4.69, 9.17) is 0 Å². The summed E-state index contributed by atoms with van der Waals surface area (Å²) in [6, 6.07) is 4.32. The lowest BCUT2D eigenvalue weighted by molar-refractivity contribution is -0.281. The van der Waals surface area contributed by atoms with E-state index < -0.39 is 23.4 Å². The summed E-state index contributed by atoms with van der Waals surface area (Å²) in [5.74, 6) is -0.305. The van der Waals surface area contributed by atoms with Gasteiger partial charge in [-0.05, 0) is 43.4 Å². The molecule has 0 amide bonds. The molecule has 150 valence electrons. The van der Waals surface area contributed by atoms with E-state index >= 15 is 0 Å². The molecule has 6 nitrogen and oxygen atoms in total. The lowest BCUT2D eigenvalue weighted by Crippen LogP contribution is -2.53. The van der Waals surface area contributed by atoms with Crippen LogP contribution in [0.15, 0.2) is 30.9 Å². The van der Waals surface area contributed by atoms with Crippen molar-refractivity contribution in [1.82, 2.24) is 14.8 Å². The van der Waals surface area contributed by atoms with Gasteiger partial charge in [0, 0.05) is 5.41 Å². The third kappa shape index (κ3) is 2.93. The van der Waals surface area contributed by atoms with Crippen LogP contribution in [0, 0.1) is 5.41 Å². The fraction of sp³-hybridized carbons (Fsp3) is 0.526. The predicted octanol–water partition coefficient (Wildman–Crippen LogP) is 3.65. The van der Waals surface area contributed by atoms with Crippen LogP contribution in [0.25, 0.3) is 0 Å². The zero-order chi connectivity index (χ0) is 20.2. The molecule has 1 aromatic carbocycles. The number of ether oxygens (including phenoxy) is 2. The molecule has 2 aromatic rings. The van der Waals surface area contributed by atoms with Gasteiger partial charge in [-0.15, -0.1) is 0 Å². The van der Waals surface area contributed by atoms with Crippen LogP contribution in [-0.2, 0) is 16.8 Å². The maximum Gasteiger partial charge on any atom is 0.468 e. The van der Waals surface area contributed by atoms with E-state index in [0.29, 0.717) is 24.8 Å². The number of rotatable bonds is 5. The first-order valence-electron chi connectivity index (χ1n) is 9.05. The Kier molecular flexibility index (Phi) is 4.17. The number of hydrogen-bond donors (Lipinski definition) is 0. The van der Waals surface area contributed by atoms with Crippen molar-refractivity contribution in [2.24, 2.45) is 5.41 Å². The van der Waals surface area contributed by atoms with E-state index in [1.54, 1.807) is 17.1 Å². The first-order chi connectivity index (χ1) is 13.1. The maximum atomic E-state index is 13.4. The summed E-state index contributed by atoms with van der Waals surface area (Å²) in [7, 11) is 0. The molecule has 0 bridgehead atoms. The summed E-state index contributed by atoms with van der Waals surface area (Å²) in [5.41, 5.74) is -0.819. The van der Waals surface area contributed by atoms with Gasteiger partial charge in [-0.2, -0.15) is 18.3 Å². The topological polar surface area (TPSA) is 66.2 Å². The second kappa shape index (κ2) is 6.22. The highest BCUT2D eigenvalue weighted by atomic mass is 19.3. The van der Waals surface area contributed by atoms with Crippen LogP contribution >= 0.6 is 0 Å². The molecular formula is C19H20F3N3O3. The highest BCUT2D eigenvalue weighted by Gasteiger charge is 2.52. The predicted molar refractivity (Wildman–Crippen MR) is 91.9 cm³/mol. The number of alkyl halides is 3. The number of benzene rings is 1. The van der Waals surface area contributed by atoms with Crippen molar-refractivity contribution in [3.63, 3.8) is 0 Å². The Bertz CT molecular complexity index is 895. The number of halogens is 3. The van der Waals surface area contributed by atoms with Gasteiger partial charge in [0.1, 0.15) is 18.2 Å². The van der Waals surface area contributed by atoms with Crippen molar-refractivity contribution in [3.8, 4) is 11.5 Å². The monoisotopic (exact) mass is 395 g/mol. The van der Waals surface area contributed by atoms with E-state index in [9.17, 15) is 18.0 Å². The molecule has 4 rings (SSSR count). The smallest absolute Gasteiger partial charge is 0.447 e. The minimum atomic E-state index is -4.03. The van der Waals surface area contributed by atoms with Crippen molar-refractivity contribution in [2.75, 3.05) is 0 Å². The van der Waals surface area contributed by atoms with Crippen LogP contribution < -0.4 is 9.47 Å². The molecule has 9 heteroatoms. The lowest BCUT2D eigenvalue weighted by Gasteiger charge is -2.44. The third-order valence-electron chi connectivity index (χ3n) is 5.47. The van der Waals surface area contributed by atoms with Crippen molar-refractivity contribution in [2.45, 2.75) is 57.5 Å². The second-order valence-electron chi connectivity index (χ2n) is 7.99. The molecule has 0 N–H and O–H groups in total. The number of carbonyl (C=O) groups is 1. The Morgan fingerprint density at radius 3 is 2.68 bits per heavy atom. The summed E-state index contributed by atoms with van der Waals surface area (Å²) in [6.07, 6.45) is -1.31. The van der Waals surface area contributed by atoms with Crippen molar-refractivity contribution in [1.29, 1.82) is 0 Å². The molecule has 1 aliphatic heterocycles. The minimum Gasteiger partial charge on any atom is -0.447 e. The average Bonchev–Trinajstić information content (AvgIpc) is 3.09. The summed E-state index contributed by atoms with van der Waals surface area (Å²) >= 11 is 0. The number of nitrogens with zero attached hydrogens (tertiary/aromatic N) is 3. The summed E-state index contributed by atoms with van der Waals surface area (Å²) in [4.78, 5) is 17.4. The van der Waals surface area contributed by atoms with Gasteiger partial charge in [0.05, 0.1) is 0 Å². The fourth-order valence-electron chi connectivity index (χ4n) is 3.93. The molecule has 0 radical (unpaired) electrons. The largest absolute Gasteiger partial charge is 0.468 e. The zero-order valence-electron chi connectivity index (χ0n) is 15.5. The molecule has 2 heterocycles. The van der Waals surface area contributed by atoms with Crippen LogP contribution in [0.3, 0.4) is 0 Å². The molecule has 1 aliphatic carbocycles. The molecule has 2 aliphatic rings. The minimum absolute atomic E-state index is 0.0292. The van der Waals surface area contributed by atoms with Gasteiger partial charge in [0.2, 0.25) is 0 Å². The Morgan fingerprint density at radius 1 is 1.32 bits per heavy atom. The number of hydrogen-bond acceptors (Lipinski definition) is 5. The van der Waals surface area contributed by atoms with Gasteiger partial charge in [-0.25, -0.2) is 9.67 Å². The van der Waals surface area contributed by atoms with Crippen LogP contribution in [0.2, 0.25) is 0 Å². The summed E-state index contributed by atoms with van der Waals surface area (Å²) in [5, 5.41) is 4.17. The summed E-state index contributed by atoms with van der Waals surface area (Å²) < 4.78 is 50.7. The molecular weight excluding hydrogens is 375 g/mol. The number of carbonyl (C=O) groups excluding carboxylic acids is 1. The van der Waals surface area contributed by atoms with Gasteiger partial charge >= 0.3 is 12.5 Å². The van der Waals surface area contributed by atoms with Crippen LogP contribution in [0.5, 0.6) is 11.5 Å². The van der Waals surface area contributed by atoms with Crippen LogP contribution in [0.4, 0.5) is 13.2 Å². The first-order valence-corrected chi connectivity index (χ1v) is 9.05. The van der Waals surface area contributed by atoms with E-state index in [0.717, 1.165) is 6.42 Å². The SMILES string of the molecule is CC(C)(Cc1ccc2c(c1)OC(F)C(F)(F)O2)C(=O)C1(n2cncn2)CCC1. The number of Topliss-reactive ketones (excluding diaryl/α,β-unsaturated/α-hetero) is 1. The van der Waals surface area contributed by atoms with Gasteiger partial charge in [-0.3, -0.25) is 4.79 Å². The van der Waals surface area contributed by atoms with Crippen molar-refractivity contribution >= 4 is 5.78 Å².